The average molecular weight is 467 g/mol. The second-order valence-corrected chi connectivity index (χ2v) is 8.74. The van der Waals surface area contributed by atoms with E-state index in [4.69, 9.17) is 18.9 Å². The number of fused-ring (bicyclic) bond motifs is 1. The van der Waals surface area contributed by atoms with Gasteiger partial charge in [-0.1, -0.05) is 38.5 Å². The molecule has 2 aromatic carbocycles. The molecule has 0 spiro atoms. The van der Waals surface area contributed by atoms with Gasteiger partial charge in [-0.05, 0) is 61.4 Å². The molecule has 0 saturated heterocycles. The molecule has 0 aromatic heterocycles. The van der Waals surface area contributed by atoms with Crippen LogP contribution in [0.2, 0.25) is 0 Å². The number of carbonyl (C=O) groups is 1. The number of carbonyl (C=O) groups excluding carboxylic acids is 1. The monoisotopic (exact) mass is 466 g/mol. The number of amides is 1. The van der Waals surface area contributed by atoms with Crippen molar-refractivity contribution in [3.8, 4) is 29.1 Å². The summed E-state index contributed by atoms with van der Waals surface area (Å²) in [6, 6.07) is 15.8. The van der Waals surface area contributed by atoms with Crippen molar-refractivity contribution in [3.63, 3.8) is 0 Å². The number of hydrogen-bond acceptors (Lipinski definition) is 6. The van der Waals surface area contributed by atoms with E-state index in [0.29, 0.717) is 42.3 Å². The normalized spacial score (nSPS) is 16.1. The summed E-state index contributed by atoms with van der Waals surface area (Å²) in [6.07, 6.45) is 3.59. The number of methoxy groups -OCH3 is 2. The van der Waals surface area contributed by atoms with Gasteiger partial charge in [0.25, 0.3) is 6.29 Å². The van der Waals surface area contributed by atoms with Crippen LogP contribution in [0.4, 0.5) is 0 Å². The minimum atomic E-state index is -0.803. The molecule has 7 nitrogen and oxygen atoms in total. The van der Waals surface area contributed by atoms with Crippen LogP contribution in [0.5, 0.6) is 23.0 Å². The number of para-hydroxylation sites is 2. The molecular formula is C27H34N2O5. The molecule has 182 valence electrons. The minimum absolute atomic E-state index is 0.0696. The summed E-state index contributed by atoms with van der Waals surface area (Å²) in [4.78, 5) is 11.3. The molecule has 3 rings (SSSR count). The van der Waals surface area contributed by atoms with Crippen molar-refractivity contribution < 1.29 is 23.7 Å². The van der Waals surface area contributed by atoms with Crippen molar-refractivity contribution in [3.05, 3.63) is 48.0 Å². The van der Waals surface area contributed by atoms with E-state index in [1.165, 1.54) is 0 Å². The van der Waals surface area contributed by atoms with E-state index in [9.17, 15) is 10.1 Å². The topological polar surface area (TPSA) is 89.8 Å². The number of hydrogen-bond donors (Lipinski definition) is 1. The summed E-state index contributed by atoms with van der Waals surface area (Å²) in [7, 11) is 3.20. The van der Waals surface area contributed by atoms with Crippen LogP contribution in [0, 0.1) is 22.7 Å². The van der Waals surface area contributed by atoms with Gasteiger partial charge in [-0.25, -0.2) is 0 Å². The van der Waals surface area contributed by atoms with Gasteiger partial charge in [0, 0.05) is 6.04 Å². The van der Waals surface area contributed by atoms with Crippen LogP contribution in [-0.4, -0.2) is 33.0 Å². The maximum atomic E-state index is 11.3. The molecule has 0 fully saturated rings. The van der Waals surface area contributed by atoms with Gasteiger partial charge in [-0.15, -0.1) is 0 Å². The summed E-state index contributed by atoms with van der Waals surface area (Å²) in [5, 5.41) is 13.3. The molecule has 34 heavy (non-hydrogen) atoms. The second-order valence-electron chi connectivity index (χ2n) is 8.74. The standard InChI is InChI=1S/C27H34N2O5/c1-5-19(2)27(17-28,26-33-23-10-6-7-11-24(23)34-26)14-8-9-21(29-18-30)15-20-12-13-22(31-3)25(16-20)32-4/h6-7,10-13,16,18-19,21,26H,5,8-9,14-15H2,1-4H3,(H,29,30). The number of nitrogens with zero attached hydrogens (tertiary/aromatic N) is 1. The fraction of sp³-hybridized carbons (Fsp3) is 0.481. The first kappa shape index (κ1) is 25.2. The fourth-order valence-corrected chi connectivity index (χ4v) is 4.56. The van der Waals surface area contributed by atoms with E-state index < -0.39 is 11.7 Å². The van der Waals surface area contributed by atoms with E-state index in [1.54, 1.807) is 14.2 Å². The van der Waals surface area contributed by atoms with Crippen molar-refractivity contribution in [2.24, 2.45) is 11.3 Å². The Morgan fingerprint density at radius 1 is 1.15 bits per heavy atom. The zero-order valence-electron chi connectivity index (χ0n) is 20.4. The van der Waals surface area contributed by atoms with Crippen LogP contribution in [0.25, 0.3) is 0 Å². The number of nitriles is 1. The first-order valence-electron chi connectivity index (χ1n) is 11.8. The highest BCUT2D eigenvalue weighted by molar-refractivity contribution is 5.47. The molecule has 1 aliphatic rings. The molecule has 0 radical (unpaired) electrons. The average Bonchev–Trinajstić information content (AvgIpc) is 3.31. The van der Waals surface area contributed by atoms with Gasteiger partial charge in [0.2, 0.25) is 6.41 Å². The highest BCUT2D eigenvalue weighted by atomic mass is 16.7. The lowest BCUT2D eigenvalue weighted by Gasteiger charge is -2.36. The van der Waals surface area contributed by atoms with Crippen LogP contribution in [0.3, 0.4) is 0 Å². The van der Waals surface area contributed by atoms with Crippen LogP contribution in [-0.2, 0) is 11.2 Å². The van der Waals surface area contributed by atoms with Gasteiger partial charge in [0.05, 0.1) is 20.3 Å². The molecule has 2 aromatic rings. The summed E-state index contributed by atoms with van der Waals surface area (Å²) in [5.41, 5.74) is 0.228. The first-order valence-corrected chi connectivity index (χ1v) is 11.8. The predicted molar refractivity (Wildman–Crippen MR) is 129 cm³/mol. The molecule has 1 heterocycles. The van der Waals surface area contributed by atoms with Gasteiger partial charge >= 0.3 is 0 Å². The van der Waals surface area contributed by atoms with Gasteiger partial charge in [-0.2, -0.15) is 5.26 Å². The number of rotatable bonds is 13. The Labute approximate surface area is 202 Å². The number of nitrogens with one attached hydrogen (secondary N) is 1. The van der Waals surface area contributed by atoms with Crippen LogP contribution in [0.1, 0.15) is 45.1 Å². The smallest absolute Gasteiger partial charge is 0.260 e. The zero-order valence-corrected chi connectivity index (χ0v) is 20.4. The molecular weight excluding hydrogens is 432 g/mol. The van der Waals surface area contributed by atoms with Crippen molar-refractivity contribution >= 4 is 6.41 Å². The predicted octanol–water partition coefficient (Wildman–Crippen LogP) is 4.88. The van der Waals surface area contributed by atoms with Gasteiger partial charge in [0.15, 0.2) is 23.0 Å². The van der Waals surface area contributed by atoms with Crippen LogP contribution in [0.15, 0.2) is 42.5 Å². The summed E-state index contributed by atoms with van der Waals surface area (Å²) in [6.45, 7) is 4.15. The molecule has 0 aliphatic carbocycles. The maximum absolute atomic E-state index is 11.3. The van der Waals surface area contributed by atoms with E-state index in [0.717, 1.165) is 24.8 Å². The van der Waals surface area contributed by atoms with E-state index >= 15 is 0 Å². The lowest BCUT2D eigenvalue weighted by atomic mass is 9.71. The number of benzene rings is 2. The molecule has 7 heteroatoms. The third-order valence-corrected chi connectivity index (χ3v) is 6.81. The van der Waals surface area contributed by atoms with Crippen LogP contribution >= 0.6 is 0 Å². The Balaban J connectivity index is 1.70. The Morgan fingerprint density at radius 2 is 1.82 bits per heavy atom. The Bertz CT molecular complexity index is 980. The van der Waals surface area contributed by atoms with Crippen LogP contribution < -0.4 is 24.3 Å². The second kappa shape index (κ2) is 11.6. The minimum Gasteiger partial charge on any atom is -0.493 e. The SMILES string of the molecule is CCC(C)C(C#N)(CCCC(Cc1ccc(OC)c(OC)c1)NC=O)C1Oc2ccccc2O1. The quantitative estimate of drug-likeness (QED) is 0.423. The van der Waals surface area contributed by atoms with Crippen molar-refractivity contribution in [1.82, 2.24) is 5.32 Å². The molecule has 1 aliphatic heterocycles. The molecule has 3 atom stereocenters. The fourth-order valence-electron chi connectivity index (χ4n) is 4.56. The lowest BCUT2D eigenvalue weighted by Crippen LogP contribution is -2.45. The Morgan fingerprint density at radius 3 is 2.38 bits per heavy atom. The Hall–Kier alpha value is -3.40. The van der Waals surface area contributed by atoms with Crippen molar-refractivity contribution in [2.75, 3.05) is 14.2 Å². The van der Waals surface area contributed by atoms with E-state index in [2.05, 4.69) is 25.2 Å². The Kier molecular flexibility index (Phi) is 8.64. The third-order valence-electron chi connectivity index (χ3n) is 6.81. The molecule has 0 saturated carbocycles. The van der Waals surface area contributed by atoms with Crippen molar-refractivity contribution in [1.29, 1.82) is 5.26 Å². The first-order chi connectivity index (χ1) is 16.5. The van der Waals surface area contributed by atoms with Gasteiger partial charge in [-0.3, -0.25) is 4.79 Å². The maximum Gasteiger partial charge on any atom is 0.260 e. The molecule has 1 N–H and O–H groups in total. The van der Waals surface area contributed by atoms with Gasteiger partial charge < -0.3 is 24.3 Å². The molecule has 1 amide bonds. The zero-order chi connectivity index (χ0) is 24.6. The highest BCUT2D eigenvalue weighted by Crippen LogP contribution is 2.46. The lowest BCUT2D eigenvalue weighted by molar-refractivity contribution is -0.110. The van der Waals surface area contributed by atoms with Crippen molar-refractivity contribution in [2.45, 2.75) is 58.3 Å². The van der Waals surface area contributed by atoms with E-state index in [1.807, 2.05) is 42.5 Å². The van der Waals surface area contributed by atoms with E-state index in [-0.39, 0.29) is 12.0 Å². The van der Waals surface area contributed by atoms with Gasteiger partial charge in [0.1, 0.15) is 5.41 Å². The number of ether oxygens (including phenoxy) is 4. The molecule has 0 bridgehead atoms. The third kappa shape index (κ3) is 5.39. The molecule has 3 unspecified atom stereocenters. The largest absolute Gasteiger partial charge is 0.493 e. The summed E-state index contributed by atoms with van der Waals surface area (Å²) < 4.78 is 22.9. The highest BCUT2D eigenvalue weighted by Gasteiger charge is 2.49. The summed E-state index contributed by atoms with van der Waals surface area (Å²) in [5.74, 6) is 2.73. The summed E-state index contributed by atoms with van der Waals surface area (Å²) >= 11 is 0.